The van der Waals surface area contributed by atoms with Crippen LogP contribution in [-0.4, -0.2) is 163 Å². The van der Waals surface area contributed by atoms with Crippen LogP contribution in [0, 0.1) is 29.5 Å². The second-order valence-corrected chi connectivity index (χ2v) is 20.4. The number of alkyl carbamates (subject to hydrolysis) is 1. The predicted octanol–water partition coefficient (Wildman–Crippen LogP) is 4.41. The zero-order chi connectivity index (χ0) is 51.8. The molecule has 18 atom stereocenters. The van der Waals surface area contributed by atoms with Crippen LogP contribution in [0.5, 0.6) is 0 Å². The van der Waals surface area contributed by atoms with Crippen molar-refractivity contribution in [1.29, 1.82) is 0 Å². The summed E-state index contributed by atoms with van der Waals surface area (Å²) in [6, 6.07) is 5.47. The number of Topliss-reactive ketones (excluding diaryl/α,β-unsaturated/α-hetero) is 1. The number of carbonyl (C=O) groups excluding carboxylic acids is 4. The van der Waals surface area contributed by atoms with Crippen molar-refractivity contribution in [2.75, 3.05) is 34.9 Å². The number of nitrogens with one attached hydrogen (secondary N) is 2. The summed E-state index contributed by atoms with van der Waals surface area (Å²) in [5.74, 6) is -5.47. The fourth-order valence-electron chi connectivity index (χ4n) is 10.3. The Labute approximate surface area is 407 Å². The van der Waals surface area contributed by atoms with Crippen LogP contribution >= 0.6 is 0 Å². The van der Waals surface area contributed by atoms with E-state index in [1.807, 2.05) is 32.8 Å². The minimum atomic E-state index is -2.03. The van der Waals surface area contributed by atoms with Gasteiger partial charge in [0.15, 0.2) is 18.7 Å². The number of rotatable bonds is 15. The second-order valence-electron chi connectivity index (χ2n) is 20.4. The van der Waals surface area contributed by atoms with Crippen molar-refractivity contribution in [3.63, 3.8) is 0 Å². The van der Waals surface area contributed by atoms with Crippen LogP contribution < -0.4 is 10.6 Å². The zero-order valence-corrected chi connectivity index (χ0v) is 43.2. The number of methoxy groups -OCH3 is 2. The van der Waals surface area contributed by atoms with Gasteiger partial charge in [-0.25, -0.2) is 9.18 Å². The van der Waals surface area contributed by atoms with Gasteiger partial charge in [0.25, 0.3) is 0 Å². The molecule has 0 aliphatic carbocycles. The molecule has 0 spiro atoms. The number of aliphatic hydroxyl groups is 3. The van der Waals surface area contributed by atoms with Crippen molar-refractivity contribution in [3.8, 4) is 0 Å². The molecule has 0 unspecified atom stereocenters. The van der Waals surface area contributed by atoms with Gasteiger partial charge in [-0.2, -0.15) is 0 Å². The standard InChI is InChI=1S/C50H82FN3O15/c1-15-36-50(10,61)42(58)29(4)39(56)27(2)24-48(8,62-13)43(68-46-40(57)35(54(11)12)23-28(3)64-46)30(5)41(31(6)45(59)66-36)67-38-25-49(9,63-14)44(32(7)65-38)69-47(60)52-22-16-17-37(55)53-26-33-18-20-34(51)21-19-33/h18-21,27-32,35-36,38,40-44,46,57-58,61H,15-17,22-26H2,1-14H3,(H,52,60)(H,53,55)/t27-,28-,29+,30+,31-,32+,35+,36-,38+,40-,41+,42-,43-,44+,46+,48+,49-,50-/m1/s1. The van der Waals surface area contributed by atoms with Crippen molar-refractivity contribution in [2.24, 2.45) is 23.7 Å². The molecule has 4 rings (SSSR count). The van der Waals surface area contributed by atoms with E-state index in [2.05, 4.69) is 10.6 Å². The summed E-state index contributed by atoms with van der Waals surface area (Å²) in [6.07, 6.45) is -10.1. The summed E-state index contributed by atoms with van der Waals surface area (Å²) < 4.78 is 64.0. The van der Waals surface area contributed by atoms with Gasteiger partial charge in [-0.1, -0.05) is 39.8 Å². The van der Waals surface area contributed by atoms with E-state index in [-0.39, 0.29) is 68.4 Å². The fourth-order valence-corrected chi connectivity index (χ4v) is 10.3. The van der Waals surface area contributed by atoms with Gasteiger partial charge in [0, 0.05) is 63.9 Å². The molecule has 1 aromatic rings. The van der Waals surface area contributed by atoms with E-state index >= 15 is 0 Å². The van der Waals surface area contributed by atoms with E-state index in [1.54, 1.807) is 53.7 Å². The van der Waals surface area contributed by atoms with Crippen molar-refractivity contribution >= 4 is 23.8 Å². The van der Waals surface area contributed by atoms with Crippen LogP contribution in [0.25, 0.3) is 0 Å². The molecule has 2 amide bonds. The van der Waals surface area contributed by atoms with Gasteiger partial charge in [0.1, 0.15) is 35.0 Å². The lowest BCUT2D eigenvalue weighted by Crippen LogP contribution is -2.62. The molecular formula is C50H82FN3O15. The number of esters is 1. The lowest BCUT2D eigenvalue weighted by molar-refractivity contribution is -0.319. The van der Waals surface area contributed by atoms with E-state index in [0.29, 0.717) is 12.8 Å². The second kappa shape index (κ2) is 24.8. The minimum absolute atomic E-state index is 0.00641. The molecule has 18 nitrogen and oxygen atoms in total. The van der Waals surface area contributed by atoms with E-state index in [0.717, 1.165) is 5.56 Å². The average Bonchev–Trinajstić information content (AvgIpc) is 3.30. The van der Waals surface area contributed by atoms with E-state index in [1.165, 1.54) is 40.2 Å². The predicted molar refractivity (Wildman–Crippen MR) is 251 cm³/mol. The van der Waals surface area contributed by atoms with E-state index in [9.17, 15) is 38.9 Å². The molecule has 0 saturated carbocycles. The van der Waals surface area contributed by atoms with Gasteiger partial charge in [-0.15, -0.1) is 0 Å². The zero-order valence-electron chi connectivity index (χ0n) is 43.2. The molecule has 1 aromatic carbocycles. The normalized spacial score (nSPS) is 39.6. The maximum Gasteiger partial charge on any atom is 0.407 e. The molecular weight excluding hydrogens is 902 g/mol. The summed E-state index contributed by atoms with van der Waals surface area (Å²) in [5.41, 5.74) is -3.81. The van der Waals surface area contributed by atoms with Gasteiger partial charge in [-0.3, -0.25) is 14.4 Å². The highest BCUT2D eigenvalue weighted by Crippen LogP contribution is 2.42. The van der Waals surface area contributed by atoms with Crippen molar-refractivity contribution in [3.05, 3.63) is 35.6 Å². The highest BCUT2D eigenvalue weighted by atomic mass is 19.1. The Hall–Kier alpha value is -3.37. The quantitative estimate of drug-likeness (QED) is 0.121. The molecule has 3 aliphatic rings. The Morgan fingerprint density at radius 1 is 0.884 bits per heavy atom. The molecule has 0 bridgehead atoms. The van der Waals surface area contributed by atoms with Gasteiger partial charge in [-0.05, 0) is 99.0 Å². The smallest absolute Gasteiger partial charge is 0.407 e. The highest BCUT2D eigenvalue weighted by Gasteiger charge is 2.55. The first kappa shape index (κ1) is 58.2. The van der Waals surface area contributed by atoms with Gasteiger partial charge < -0.3 is 68.7 Å². The molecule has 5 N–H and O–H groups in total. The Morgan fingerprint density at radius 3 is 2.10 bits per heavy atom. The molecule has 3 aliphatic heterocycles. The van der Waals surface area contributed by atoms with Crippen molar-refractivity contribution in [2.45, 2.75) is 199 Å². The number of hydrogen-bond donors (Lipinski definition) is 5. The molecule has 3 heterocycles. The Morgan fingerprint density at radius 2 is 1.51 bits per heavy atom. The number of carbonyl (C=O) groups is 4. The third kappa shape index (κ3) is 14.4. The number of halogens is 1. The molecule has 0 radical (unpaired) electrons. The SMILES string of the molecule is CC[C@H]1OC(=O)[C@H](C)[C@@H](O[C@H]2C[C@@](C)(OC)[C@@H](OC(=O)NCCCC(=O)NCc3ccc(F)cc3)[C@H](C)O2)[C@H](C)[C@@H](O[C@@H]2O[C@H](C)C[C@H](N(C)C)[C@H]2O)[C@@](C)(OC)C[C@@H](C)C(=O)[C@H](C)[C@@H](O)[C@]1(C)O. The van der Waals surface area contributed by atoms with Crippen LogP contribution in [0.1, 0.15) is 113 Å². The molecule has 3 saturated heterocycles. The Bertz CT molecular complexity index is 1840. The van der Waals surface area contributed by atoms with Gasteiger partial charge in [0.05, 0.1) is 42.0 Å². The molecule has 0 aromatic heterocycles. The Kier molecular flexibility index (Phi) is 21.0. The number of ketones is 1. The van der Waals surface area contributed by atoms with Crippen LogP contribution in [0.15, 0.2) is 24.3 Å². The number of aliphatic hydroxyl groups excluding tert-OH is 2. The van der Waals surface area contributed by atoms with Crippen molar-refractivity contribution < 1.29 is 76.8 Å². The number of benzene rings is 1. The lowest BCUT2D eigenvalue weighted by Gasteiger charge is -2.50. The minimum Gasteiger partial charge on any atom is -0.459 e. The highest BCUT2D eigenvalue weighted by molar-refractivity contribution is 5.83. The maximum atomic E-state index is 14.5. The first-order chi connectivity index (χ1) is 32.2. The number of nitrogens with zero attached hydrogens (tertiary/aromatic N) is 1. The Balaban J connectivity index is 1.63. The summed E-state index contributed by atoms with van der Waals surface area (Å²) in [5, 5.41) is 40.6. The van der Waals surface area contributed by atoms with Crippen LogP contribution in [-0.2, 0) is 58.8 Å². The summed E-state index contributed by atoms with van der Waals surface area (Å²) >= 11 is 0. The monoisotopic (exact) mass is 984 g/mol. The number of amides is 2. The topological polar surface area (TPSA) is 230 Å². The lowest BCUT2D eigenvalue weighted by atomic mass is 9.74. The third-order valence-corrected chi connectivity index (χ3v) is 14.7. The van der Waals surface area contributed by atoms with Crippen LogP contribution in [0.2, 0.25) is 0 Å². The molecule has 3 fully saturated rings. The van der Waals surface area contributed by atoms with E-state index < -0.39 is 108 Å². The first-order valence-corrected chi connectivity index (χ1v) is 24.4. The van der Waals surface area contributed by atoms with Gasteiger partial charge in [0.2, 0.25) is 5.91 Å². The number of likely N-dealkylation sites (N-methyl/N-ethyl adjacent to an activating group) is 1. The van der Waals surface area contributed by atoms with Crippen LogP contribution in [0.3, 0.4) is 0 Å². The summed E-state index contributed by atoms with van der Waals surface area (Å²) in [7, 11) is 6.67. The van der Waals surface area contributed by atoms with Gasteiger partial charge >= 0.3 is 12.1 Å². The molecule has 69 heavy (non-hydrogen) atoms. The average molecular weight is 984 g/mol. The summed E-state index contributed by atoms with van der Waals surface area (Å²) in [6.45, 7) is 17.2. The number of cyclic esters (lactones) is 1. The molecule has 394 valence electrons. The largest absolute Gasteiger partial charge is 0.459 e. The summed E-state index contributed by atoms with van der Waals surface area (Å²) in [4.78, 5) is 56.2. The fraction of sp³-hybridized carbons (Fsp3) is 0.800. The van der Waals surface area contributed by atoms with E-state index in [4.69, 9.17) is 37.9 Å². The number of hydrogen-bond acceptors (Lipinski definition) is 16. The molecule has 19 heteroatoms. The number of ether oxygens (including phenoxy) is 8. The van der Waals surface area contributed by atoms with Crippen LogP contribution in [0.4, 0.5) is 9.18 Å². The first-order valence-electron chi connectivity index (χ1n) is 24.4. The van der Waals surface area contributed by atoms with Crippen molar-refractivity contribution in [1.82, 2.24) is 15.5 Å². The maximum absolute atomic E-state index is 14.5. The third-order valence-electron chi connectivity index (χ3n) is 14.7.